The molecule has 10 nitrogen and oxygen atoms in total. The summed E-state index contributed by atoms with van der Waals surface area (Å²) in [5.41, 5.74) is 2.24. The highest BCUT2D eigenvalue weighted by molar-refractivity contribution is 7.94. The molecule has 1 saturated carbocycles. The zero-order valence-electron chi connectivity index (χ0n) is 23.5. The molecule has 1 N–H and O–H groups in total. The van der Waals surface area contributed by atoms with Crippen molar-refractivity contribution in [1.29, 1.82) is 0 Å². The van der Waals surface area contributed by atoms with Crippen molar-refractivity contribution < 1.29 is 22.7 Å². The number of nitrogens with one attached hydrogen (secondary N) is 1. The summed E-state index contributed by atoms with van der Waals surface area (Å²) < 4.78 is 38.2. The lowest BCUT2D eigenvalue weighted by molar-refractivity contribution is 0.0985. The molecule has 2 aliphatic rings. The molecule has 0 bridgehead atoms. The molecule has 4 aromatic rings. The summed E-state index contributed by atoms with van der Waals surface area (Å²) in [6.45, 7) is 7.36. The first kappa shape index (κ1) is 28.3. The van der Waals surface area contributed by atoms with Crippen LogP contribution in [0.3, 0.4) is 0 Å². The average molecular weight is 606 g/mol. The summed E-state index contributed by atoms with van der Waals surface area (Å²) in [6, 6.07) is 17.8. The standard InChI is InChI=1S/C30H31N5O5S2/c1-19-18-39-16-15-35(19)26-17-25(30(13-14-30)42(37,38)28-20(2)31-21(3)41-28)33-27(34-26)22-9-11-23(12-10-22)32-29(36)40-24-7-5-4-6-8-24/h4-12,17,19H,13-16,18H2,1-3H3,(H,32,36). The van der Waals surface area contributed by atoms with Crippen molar-refractivity contribution in [2.75, 3.05) is 30.0 Å². The highest BCUT2D eigenvalue weighted by atomic mass is 32.2. The predicted octanol–water partition coefficient (Wildman–Crippen LogP) is 5.52. The van der Waals surface area contributed by atoms with Crippen LogP contribution in [-0.4, -0.2) is 55.3 Å². The maximum atomic E-state index is 14.1. The Kier molecular flexibility index (Phi) is 7.46. The lowest BCUT2D eigenvalue weighted by Gasteiger charge is -2.34. The zero-order valence-corrected chi connectivity index (χ0v) is 25.2. The first-order chi connectivity index (χ1) is 20.2. The molecule has 6 rings (SSSR count). The van der Waals surface area contributed by atoms with E-state index in [0.717, 1.165) is 5.01 Å². The third-order valence-corrected chi connectivity index (χ3v) is 11.7. The van der Waals surface area contributed by atoms with Crippen molar-refractivity contribution in [3.63, 3.8) is 0 Å². The number of hydrogen-bond donors (Lipinski definition) is 1. The van der Waals surface area contributed by atoms with Crippen LogP contribution in [-0.2, 0) is 19.3 Å². The monoisotopic (exact) mass is 605 g/mol. The summed E-state index contributed by atoms with van der Waals surface area (Å²) >= 11 is 1.21. The van der Waals surface area contributed by atoms with Crippen LogP contribution in [0.25, 0.3) is 11.4 Å². The van der Waals surface area contributed by atoms with E-state index in [1.807, 2.05) is 19.1 Å². The van der Waals surface area contributed by atoms with Gasteiger partial charge >= 0.3 is 6.09 Å². The Labute approximate surface area is 248 Å². The fourth-order valence-electron chi connectivity index (χ4n) is 5.17. The van der Waals surface area contributed by atoms with E-state index in [-0.39, 0.29) is 6.04 Å². The second-order valence-electron chi connectivity index (χ2n) is 10.6. The Morgan fingerprint density at radius 1 is 1.07 bits per heavy atom. The number of nitrogens with zero attached hydrogens (tertiary/aromatic N) is 4. The van der Waals surface area contributed by atoms with E-state index in [2.05, 4.69) is 22.1 Å². The van der Waals surface area contributed by atoms with E-state index >= 15 is 0 Å². The summed E-state index contributed by atoms with van der Waals surface area (Å²) in [7, 11) is -3.74. The number of aromatic nitrogens is 3. The number of ether oxygens (including phenoxy) is 2. The van der Waals surface area contributed by atoms with Crippen molar-refractivity contribution in [3.8, 4) is 17.1 Å². The molecule has 218 valence electrons. The highest BCUT2D eigenvalue weighted by Gasteiger charge is 2.59. The molecule has 1 atom stereocenters. The number of aryl methyl sites for hydroxylation is 2. The lowest BCUT2D eigenvalue weighted by Crippen LogP contribution is -2.44. The van der Waals surface area contributed by atoms with Crippen molar-refractivity contribution >= 4 is 38.8 Å². The summed E-state index contributed by atoms with van der Waals surface area (Å²) in [6.07, 6.45) is 0.351. The van der Waals surface area contributed by atoms with Gasteiger partial charge in [-0.25, -0.2) is 28.2 Å². The highest BCUT2D eigenvalue weighted by Crippen LogP contribution is 2.56. The Morgan fingerprint density at radius 2 is 1.81 bits per heavy atom. The molecule has 1 unspecified atom stereocenters. The lowest BCUT2D eigenvalue weighted by atomic mass is 10.1. The van der Waals surface area contributed by atoms with Gasteiger partial charge in [-0.3, -0.25) is 5.32 Å². The zero-order chi connectivity index (χ0) is 29.5. The SMILES string of the molecule is Cc1nc(C)c(S(=O)(=O)C2(c3cc(N4CCOCC4C)nc(-c4ccc(NC(=O)Oc5ccccc5)cc4)n3)CC2)s1. The molecular weight excluding hydrogens is 574 g/mol. The van der Waals surface area contributed by atoms with Gasteiger partial charge in [0.2, 0.25) is 9.84 Å². The van der Waals surface area contributed by atoms with Crippen LogP contribution < -0.4 is 15.0 Å². The topological polar surface area (TPSA) is 124 Å². The second-order valence-corrected chi connectivity index (χ2v) is 14.2. The molecule has 42 heavy (non-hydrogen) atoms. The predicted molar refractivity (Wildman–Crippen MR) is 161 cm³/mol. The van der Waals surface area contributed by atoms with E-state index in [1.165, 1.54) is 11.3 Å². The van der Waals surface area contributed by atoms with Crippen LogP contribution in [0.4, 0.5) is 16.3 Å². The molecule has 2 aromatic heterocycles. The third-order valence-electron chi connectivity index (χ3n) is 7.51. The number of sulfone groups is 1. The minimum Gasteiger partial charge on any atom is -0.410 e. The van der Waals surface area contributed by atoms with Gasteiger partial charge in [-0.15, -0.1) is 11.3 Å². The van der Waals surface area contributed by atoms with Gasteiger partial charge in [0, 0.05) is 23.9 Å². The van der Waals surface area contributed by atoms with Gasteiger partial charge < -0.3 is 14.4 Å². The van der Waals surface area contributed by atoms with Gasteiger partial charge in [-0.2, -0.15) is 0 Å². The molecule has 12 heteroatoms. The van der Waals surface area contributed by atoms with Crippen LogP contribution in [0.2, 0.25) is 0 Å². The van der Waals surface area contributed by atoms with E-state index in [1.54, 1.807) is 55.5 Å². The minimum absolute atomic E-state index is 0.0645. The first-order valence-electron chi connectivity index (χ1n) is 13.7. The third kappa shape index (κ3) is 5.37. The molecule has 3 heterocycles. The second kappa shape index (κ2) is 11.1. The molecule has 2 fully saturated rings. The number of carbonyl (C=O) groups is 1. The van der Waals surface area contributed by atoms with Gasteiger partial charge in [0.05, 0.1) is 35.7 Å². The molecule has 1 aliphatic carbocycles. The quantitative estimate of drug-likeness (QED) is 0.290. The van der Waals surface area contributed by atoms with Crippen molar-refractivity contribution in [2.24, 2.45) is 0 Å². The Bertz CT molecular complexity index is 1720. The Morgan fingerprint density at radius 3 is 2.45 bits per heavy atom. The molecule has 0 radical (unpaired) electrons. The number of para-hydroxylation sites is 1. The van der Waals surface area contributed by atoms with Crippen LogP contribution in [0.5, 0.6) is 5.75 Å². The van der Waals surface area contributed by atoms with Gasteiger partial charge in [0.25, 0.3) is 0 Å². The van der Waals surface area contributed by atoms with E-state index in [0.29, 0.717) is 76.8 Å². The number of anilines is 2. The van der Waals surface area contributed by atoms with Gasteiger partial charge in [0.1, 0.15) is 20.5 Å². The molecule has 1 aliphatic heterocycles. The van der Waals surface area contributed by atoms with Gasteiger partial charge in [-0.05, 0) is 70.0 Å². The molecule has 1 amide bonds. The largest absolute Gasteiger partial charge is 0.417 e. The van der Waals surface area contributed by atoms with Crippen LogP contribution in [0, 0.1) is 13.8 Å². The number of amides is 1. The number of thiazole rings is 1. The Hall–Kier alpha value is -3.87. The molecule has 0 spiro atoms. The molecular formula is C30H31N5O5S2. The van der Waals surface area contributed by atoms with Crippen LogP contribution >= 0.6 is 11.3 Å². The maximum Gasteiger partial charge on any atom is 0.417 e. The summed E-state index contributed by atoms with van der Waals surface area (Å²) in [5.74, 6) is 1.52. The Balaban J connectivity index is 1.34. The normalized spacial score (nSPS) is 18.0. The van der Waals surface area contributed by atoms with Crippen molar-refractivity contribution in [3.05, 3.63) is 77.1 Å². The molecule has 1 saturated heterocycles. The van der Waals surface area contributed by atoms with Crippen LogP contribution in [0.1, 0.15) is 36.2 Å². The van der Waals surface area contributed by atoms with Gasteiger partial charge in [-0.1, -0.05) is 18.2 Å². The van der Waals surface area contributed by atoms with E-state index < -0.39 is 20.7 Å². The summed E-state index contributed by atoms with van der Waals surface area (Å²) in [5, 5.41) is 3.44. The van der Waals surface area contributed by atoms with Crippen molar-refractivity contribution in [1.82, 2.24) is 15.0 Å². The number of rotatable bonds is 7. The van der Waals surface area contributed by atoms with E-state index in [9.17, 15) is 13.2 Å². The van der Waals surface area contributed by atoms with Gasteiger partial charge in [0.15, 0.2) is 5.82 Å². The van der Waals surface area contributed by atoms with E-state index in [4.69, 9.17) is 19.4 Å². The number of morpholine rings is 1. The van der Waals surface area contributed by atoms with Crippen molar-refractivity contribution in [2.45, 2.75) is 48.6 Å². The number of benzene rings is 2. The fraction of sp³-hybridized carbons (Fsp3) is 0.333. The number of hydrogen-bond acceptors (Lipinski definition) is 10. The fourth-order valence-corrected chi connectivity index (χ4v) is 8.90. The minimum atomic E-state index is -3.74. The first-order valence-corrected chi connectivity index (χ1v) is 16.0. The summed E-state index contributed by atoms with van der Waals surface area (Å²) in [4.78, 5) is 28.6. The van der Waals surface area contributed by atoms with Crippen LogP contribution in [0.15, 0.2) is 64.9 Å². The maximum absolute atomic E-state index is 14.1. The number of carbonyl (C=O) groups excluding carboxylic acids is 1. The molecule has 2 aromatic carbocycles. The smallest absolute Gasteiger partial charge is 0.410 e. The average Bonchev–Trinajstić information content (AvgIpc) is 3.73.